The number of hydrogen-bond acceptors (Lipinski definition) is 4. The first-order chi connectivity index (χ1) is 10.2. The van der Waals surface area contributed by atoms with E-state index < -0.39 is 0 Å². The van der Waals surface area contributed by atoms with Gasteiger partial charge in [-0.05, 0) is 53.9 Å². The van der Waals surface area contributed by atoms with E-state index in [0.29, 0.717) is 6.10 Å². The van der Waals surface area contributed by atoms with Crippen molar-refractivity contribution in [2.24, 2.45) is 0 Å². The van der Waals surface area contributed by atoms with Crippen LogP contribution in [0.25, 0.3) is 0 Å². The largest absolute Gasteiger partial charge is 0.493 e. The van der Waals surface area contributed by atoms with Gasteiger partial charge in [0.15, 0.2) is 11.5 Å². The van der Waals surface area contributed by atoms with Crippen molar-refractivity contribution in [1.29, 1.82) is 0 Å². The number of hydrogen-bond donors (Lipinski definition) is 0. The number of benzene rings is 1. The summed E-state index contributed by atoms with van der Waals surface area (Å²) >= 11 is 3.62. The lowest BCUT2D eigenvalue weighted by Gasteiger charge is -2.27. The van der Waals surface area contributed by atoms with E-state index in [4.69, 9.17) is 14.2 Å². The molecule has 0 amide bonds. The van der Waals surface area contributed by atoms with E-state index in [2.05, 4.69) is 33.9 Å². The summed E-state index contributed by atoms with van der Waals surface area (Å²) in [6.07, 6.45) is 4.00. The average molecular weight is 358 g/mol. The van der Waals surface area contributed by atoms with E-state index in [1.54, 1.807) is 14.2 Å². The molecule has 1 aromatic rings. The van der Waals surface area contributed by atoms with Gasteiger partial charge in [-0.25, -0.2) is 0 Å². The fourth-order valence-corrected chi connectivity index (χ4v) is 3.32. The second-order valence-corrected chi connectivity index (χ2v) is 6.25. The maximum atomic E-state index is 5.80. The maximum absolute atomic E-state index is 5.80. The molecule has 1 aliphatic heterocycles. The molecule has 5 heteroatoms. The molecule has 0 radical (unpaired) electrons. The first-order valence-corrected chi connectivity index (χ1v) is 8.14. The van der Waals surface area contributed by atoms with E-state index in [-0.39, 0.29) is 0 Å². The highest BCUT2D eigenvalue weighted by Gasteiger charge is 2.18. The van der Waals surface area contributed by atoms with E-state index >= 15 is 0 Å². The zero-order valence-electron chi connectivity index (χ0n) is 13.0. The van der Waals surface area contributed by atoms with Gasteiger partial charge in [-0.15, -0.1) is 0 Å². The number of ether oxygens (including phenoxy) is 3. The molecule has 4 nitrogen and oxygen atoms in total. The Bertz CT molecular complexity index is 461. The van der Waals surface area contributed by atoms with Crippen LogP contribution in [0.15, 0.2) is 16.6 Å². The zero-order valence-corrected chi connectivity index (χ0v) is 14.6. The van der Waals surface area contributed by atoms with E-state index in [1.807, 2.05) is 6.07 Å². The summed E-state index contributed by atoms with van der Waals surface area (Å²) in [5, 5.41) is 0. The summed E-state index contributed by atoms with van der Waals surface area (Å²) in [6.45, 7) is 2.71. The second kappa shape index (κ2) is 8.01. The van der Waals surface area contributed by atoms with Crippen LogP contribution in [0, 0.1) is 0 Å². The topological polar surface area (TPSA) is 30.9 Å². The SMILES string of the molecule is COc1ccc(CN(C)CC2CCCCO2)c(Br)c1OC. The first-order valence-electron chi connectivity index (χ1n) is 7.35. The fraction of sp³-hybridized carbons (Fsp3) is 0.625. The predicted molar refractivity (Wildman–Crippen MR) is 87.2 cm³/mol. The molecule has 0 aliphatic carbocycles. The molecule has 1 heterocycles. The normalized spacial score (nSPS) is 18.8. The summed E-state index contributed by atoms with van der Waals surface area (Å²) in [6, 6.07) is 4.02. The van der Waals surface area contributed by atoms with Crippen LogP contribution >= 0.6 is 15.9 Å². The van der Waals surface area contributed by atoms with Crippen LogP contribution in [0.1, 0.15) is 24.8 Å². The number of nitrogens with zero attached hydrogens (tertiary/aromatic N) is 1. The quantitative estimate of drug-likeness (QED) is 0.779. The third kappa shape index (κ3) is 4.34. The molecular formula is C16H24BrNO3. The van der Waals surface area contributed by atoms with Gasteiger partial charge in [0.1, 0.15) is 0 Å². The minimum atomic E-state index is 0.364. The third-order valence-electron chi connectivity index (χ3n) is 3.79. The predicted octanol–water partition coefficient (Wildman–Crippen LogP) is 3.47. The van der Waals surface area contributed by atoms with Crippen LogP contribution in [0.3, 0.4) is 0 Å². The molecule has 0 saturated carbocycles. The van der Waals surface area contributed by atoms with Crippen molar-refractivity contribution in [2.45, 2.75) is 31.9 Å². The van der Waals surface area contributed by atoms with E-state index in [0.717, 1.165) is 42.1 Å². The third-order valence-corrected chi connectivity index (χ3v) is 4.66. The smallest absolute Gasteiger partial charge is 0.175 e. The number of methoxy groups -OCH3 is 2. The highest BCUT2D eigenvalue weighted by molar-refractivity contribution is 9.10. The summed E-state index contributed by atoms with van der Waals surface area (Å²) in [5.41, 5.74) is 1.19. The van der Waals surface area contributed by atoms with Crippen molar-refractivity contribution in [1.82, 2.24) is 4.90 Å². The molecule has 0 N–H and O–H groups in total. The lowest BCUT2D eigenvalue weighted by molar-refractivity contribution is -0.00262. The van der Waals surface area contributed by atoms with Crippen LogP contribution < -0.4 is 9.47 Å². The van der Waals surface area contributed by atoms with Gasteiger partial charge in [0.2, 0.25) is 0 Å². The molecule has 0 aromatic heterocycles. The van der Waals surface area contributed by atoms with Crippen molar-refractivity contribution in [3.05, 3.63) is 22.2 Å². The molecule has 1 atom stereocenters. The minimum Gasteiger partial charge on any atom is -0.493 e. The standard InChI is InChI=1S/C16H24BrNO3/c1-18(11-13-6-4-5-9-21-13)10-12-7-8-14(19-2)16(20-3)15(12)17/h7-8,13H,4-6,9-11H2,1-3H3. The van der Waals surface area contributed by atoms with Crippen molar-refractivity contribution in [3.63, 3.8) is 0 Å². The number of likely N-dealkylation sites (N-methyl/N-ethyl adjacent to an activating group) is 1. The number of halogens is 1. The Labute approximate surface area is 135 Å². The molecule has 1 aliphatic rings. The second-order valence-electron chi connectivity index (χ2n) is 5.46. The lowest BCUT2D eigenvalue weighted by Crippen LogP contribution is -2.33. The summed E-state index contributed by atoms with van der Waals surface area (Å²) in [7, 11) is 5.43. The molecule has 1 aromatic carbocycles. The Morgan fingerprint density at radius 2 is 2.10 bits per heavy atom. The van der Waals surface area contributed by atoms with Gasteiger partial charge in [-0.3, -0.25) is 4.90 Å². The van der Waals surface area contributed by atoms with Crippen LogP contribution in [0.2, 0.25) is 0 Å². The van der Waals surface area contributed by atoms with Crippen molar-refractivity contribution >= 4 is 15.9 Å². The first kappa shape index (κ1) is 16.6. The van der Waals surface area contributed by atoms with Gasteiger partial charge in [0.05, 0.1) is 24.8 Å². The zero-order chi connectivity index (χ0) is 15.2. The summed E-state index contributed by atoms with van der Waals surface area (Å²) in [4.78, 5) is 2.29. The molecule has 2 rings (SSSR count). The summed E-state index contributed by atoms with van der Waals surface area (Å²) in [5.74, 6) is 1.49. The molecule has 118 valence electrons. The molecule has 1 fully saturated rings. The van der Waals surface area contributed by atoms with Crippen LogP contribution in [-0.2, 0) is 11.3 Å². The van der Waals surface area contributed by atoms with Gasteiger partial charge in [0.25, 0.3) is 0 Å². The molecule has 0 bridgehead atoms. The van der Waals surface area contributed by atoms with E-state index in [1.165, 1.54) is 18.4 Å². The van der Waals surface area contributed by atoms with E-state index in [9.17, 15) is 0 Å². The molecule has 0 spiro atoms. The van der Waals surface area contributed by atoms with Crippen LogP contribution in [-0.4, -0.2) is 45.4 Å². The molecule has 1 saturated heterocycles. The van der Waals surface area contributed by atoms with Crippen molar-refractivity contribution in [2.75, 3.05) is 34.4 Å². The lowest BCUT2D eigenvalue weighted by atomic mass is 10.1. The van der Waals surface area contributed by atoms with Crippen LogP contribution in [0.4, 0.5) is 0 Å². The summed E-state index contributed by atoms with van der Waals surface area (Å²) < 4.78 is 17.5. The Hall–Kier alpha value is -0.780. The fourth-order valence-electron chi connectivity index (χ4n) is 2.71. The monoisotopic (exact) mass is 357 g/mol. The van der Waals surface area contributed by atoms with Crippen molar-refractivity contribution < 1.29 is 14.2 Å². The Morgan fingerprint density at radius 3 is 2.71 bits per heavy atom. The Morgan fingerprint density at radius 1 is 1.29 bits per heavy atom. The van der Waals surface area contributed by atoms with Crippen molar-refractivity contribution in [3.8, 4) is 11.5 Å². The Kier molecular flexibility index (Phi) is 6.33. The van der Waals surface area contributed by atoms with Gasteiger partial charge in [-0.2, -0.15) is 0 Å². The highest BCUT2D eigenvalue weighted by atomic mass is 79.9. The number of rotatable bonds is 6. The maximum Gasteiger partial charge on any atom is 0.175 e. The van der Waals surface area contributed by atoms with Gasteiger partial charge >= 0.3 is 0 Å². The molecule has 1 unspecified atom stereocenters. The van der Waals surface area contributed by atoms with Crippen LogP contribution in [0.5, 0.6) is 11.5 Å². The Balaban J connectivity index is 2.01. The molecule has 21 heavy (non-hydrogen) atoms. The minimum absolute atomic E-state index is 0.364. The van der Waals surface area contributed by atoms with Gasteiger partial charge < -0.3 is 14.2 Å². The van der Waals surface area contributed by atoms with Gasteiger partial charge in [0, 0.05) is 19.7 Å². The molecular weight excluding hydrogens is 334 g/mol. The van der Waals surface area contributed by atoms with Gasteiger partial charge in [-0.1, -0.05) is 6.07 Å². The average Bonchev–Trinajstić information content (AvgIpc) is 2.50. The highest BCUT2D eigenvalue weighted by Crippen LogP contribution is 2.37.